The molecule has 4 nitrogen and oxygen atoms in total. The molecule has 0 radical (unpaired) electrons. The molecule has 4 heteroatoms. The molecular formula is C20H20N2O2. The lowest BCUT2D eigenvalue weighted by Crippen LogP contribution is -2.13. The van der Waals surface area contributed by atoms with Crippen LogP contribution in [0.25, 0.3) is 0 Å². The Kier molecular flexibility index (Phi) is 5.97. The molecule has 0 saturated carbocycles. The summed E-state index contributed by atoms with van der Waals surface area (Å²) in [4.78, 5) is 12.2. The lowest BCUT2D eigenvalue weighted by Gasteiger charge is -2.09. The number of hydrogen-bond donors (Lipinski definition) is 2. The van der Waals surface area contributed by atoms with Gasteiger partial charge < -0.3 is 15.8 Å². The number of carbonyl (C=O) groups excluding carboxylic acids is 1. The SMILES string of the molecule is C=C/C=C(\C=C)OCc1ccc(C(=O)Nc2ccccc2N)cc1. The van der Waals surface area contributed by atoms with E-state index in [2.05, 4.69) is 18.5 Å². The van der Waals surface area contributed by atoms with Crippen molar-refractivity contribution in [2.45, 2.75) is 6.61 Å². The summed E-state index contributed by atoms with van der Waals surface area (Å²) in [5, 5.41) is 2.79. The molecule has 0 aliphatic rings. The zero-order valence-corrected chi connectivity index (χ0v) is 13.4. The van der Waals surface area contributed by atoms with Crippen molar-refractivity contribution in [2.24, 2.45) is 0 Å². The largest absolute Gasteiger partial charge is 0.489 e. The summed E-state index contributed by atoms with van der Waals surface area (Å²) in [6.07, 6.45) is 4.99. The second-order valence-corrected chi connectivity index (χ2v) is 5.04. The van der Waals surface area contributed by atoms with Gasteiger partial charge in [0.15, 0.2) is 0 Å². The lowest BCUT2D eigenvalue weighted by molar-refractivity contribution is 0.102. The van der Waals surface area contributed by atoms with Crippen molar-refractivity contribution < 1.29 is 9.53 Å². The minimum atomic E-state index is -0.210. The minimum absolute atomic E-state index is 0.210. The highest BCUT2D eigenvalue weighted by molar-refractivity contribution is 6.05. The predicted octanol–water partition coefficient (Wildman–Crippen LogP) is 4.29. The van der Waals surface area contributed by atoms with E-state index in [1.54, 1.807) is 42.5 Å². The third kappa shape index (κ3) is 4.61. The van der Waals surface area contributed by atoms with Crippen molar-refractivity contribution >= 4 is 17.3 Å². The quantitative estimate of drug-likeness (QED) is 0.454. The number of hydrogen-bond acceptors (Lipinski definition) is 3. The second kappa shape index (κ2) is 8.39. The molecule has 2 aromatic carbocycles. The van der Waals surface area contributed by atoms with Gasteiger partial charge in [0.1, 0.15) is 12.4 Å². The highest BCUT2D eigenvalue weighted by Crippen LogP contribution is 2.18. The summed E-state index contributed by atoms with van der Waals surface area (Å²) in [5.41, 5.74) is 8.45. The zero-order chi connectivity index (χ0) is 17.4. The Hall–Kier alpha value is -3.27. The van der Waals surface area contributed by atoms with Gasteiger partial charge >= 0.3 is 0 Å². The van der Waals surface area contributed by atoms with Gasteiger partial charge in [0.05, 0.1) is 11.4 Å². The van der Waals surface area contributed by atoms with Crippen molar-refractivity contribution in [3.05, 3.63) is 96.8 Å². The number of benzene rings is 2. The van der Waals surface area contributed by atoms with E-state index in [9.17, 15) is 4.79 Å². The van der Waals surface area contributed by atoms with Crippen molar-refractivity contribution in [3.63, 3.8) is 0 Å². The number of allylic oxidation sites excluding steroid dienone is 3. The normalized spacial score (nSPS) is 10.8. The highest BCUT2D eigenvalue weighted by atomic mass is 16.5. The maximum Gasteiger partial charge on any atom is 0.255 e. The number of anilines is 2. The Morgan fingerprint density at radius 2 is 1.83 bits per heavy atom. The van der Waals surface area contributed by atoms with Crippen LogP contribution in [0.2, 0.25) is 0 Å². The maximum atomic E-state index is 12.2. The number of ether oxygens (including phenoxy) is 1. The van der Waals surface area contributed by atoms with Crippen LogP contribution in [0.5, 0.6) is 0 Å². The first-order valence-corrected chi connectivity index (χ1v) is 7.47. The van der Waals surface area contributed by atoms with Crippen LogP contribution in [-0.2, 0) is 11.3 Å². The monoisotopic (exact) mass is 320 g/mol. The molecule has 0 bridgehead atoms. The average molecular weight is 320 g/mol. The summed E-state index contributed by atoms with van der Waals surface area (Å²) >= 11 is 0. The number of carbonyl (C=O) groups is 1. The summed E-state index contributed by atoms with van der Waals surface area (Å²) in [6, 6.07) is 14.3. The van der Waals surface area contributed by atoms with E-state index in [1.165, 1.54) is 0 Å². The molecule has 2 rings (SSSR count). The third-order valence-electron chi connectivity index (χ3n) is 3.31. The molecule has 0 saturated heterocycles. The van der Waals surface area contributed by atoms with E-state index in [1.807, 2.05) is 24.3 Å². The maximum absolute atomic E-state index is 12.2. The van der Waals surface area contributed by atoms with E-state index < -0.39 is 0 Å². The van der Waals surface area contributed by atoms with Crippen LogP contribution in [0, 0.1) is 0 Å². The molecule has 0 aliphatic carbocycles. The zero-order valence-electron chi connectivity index (χ0n) is 13.4. The third-order valence-corrected chi connectivity index (χ3v) is 3.31. The van der Waals surface area contributed by atoms with Gasteiger partial charge in [-0.15, -0.1) is 0 Å². The molecule has 1 amide bonds. The number of amides is 1. The topological polar surface area (TPSA) is 64.3 Å². The molecule has 0 heterocycles. The van der Waals surface area contributed by atoms with Gasteiger partial charge in [0.2, 0.25) is 0 Å². The van der Waals surface area contributed by atoms with Gasteiger partial charge in [0, 0.05) is 5.56 Å². The lowest BCUT2D eigenvalue weighted by atomic mass is 10.1. The van der Waals surface area contributed by atoms with Gasteiger partial charge in [-0.1, -0.05) is 43.5 Å². The fourth-order valence-corrected chi connectivity index (χ4v) is 2.02. The smallest absolute Gasteiger partial charge is 0.255 e. The van der Waals surface area contributed by atoms with Gasteiger partial charge in [0.25, 0.3) is 5.91 Å². The van der Waals surface area contributed by atoms with Crippen molar-refractivity contribution in [2.75, 3.05) is 11.1 Å². The first-order chi connectivity index (χ1) is 11.6. The Morgan fingerprint density at radius 3 is 2.46 bits per heavy atom. The summed E-state index contributed by atoms with van der Waals surface area (Å²) in [5.74, 6) is 0.435. The van der Waals surface area contributed by atoms with Crippen LogP contribution < -0.4 is 11.1 Å². The van der Waals surface area contributed by atoms with Crippen LogP contribution in [-0.4, -0.2) is 5.91 Å². The molecular weight excluding hydrogens is 300 g/mol. The Labute approximate surface area is 142 Å². The predicted molar refractivity (Wildman–Crippen MR) is 98.5 cm³/mol. The standard InChI is InChI=1S/C20H20N2O2/c1-3-7-17(4-2)24-14-15-10-12-16(13-11-15)20(23)22-19-9-6-5-8-18(19)21/h3-13H,1-2,14,21H2,(H,22,23)/b17-7+. The summed E-state index contributed by atoms with van der Waals surface area (Å²) in [7, 11) is 0. The molecule has 0 aromatic heterocycles. The molecule has 0 aliphatic heterocycles. The Morgan fingerprint density at radius 1 is 1.12 bits per heavy atom. The van der Waals surface area contributed by atoms with E-state index in [-0.39, 0.29) is 5.91 Å². The van der Waals surface area contributed by atoms with Crippen molar-refractivity contribution in [1.29, 1.82) is 0 Å². The van der Waals surface area contributed by atoms with E-state index in [0.717, 1.165) is 5.56 Å². The van der Waals surface area contributed by atoms with Crippen LogP contribution >= 0.6 is 0 Å². The molecule has 3 N–H and O–H groups in total. The fraction of sp³-hybridized carbons (Fsp3) is 0.0500. The first-order valence-electron chi connectivity index (χ1n) is 7.47. The van der Waals surface area contributed by atoms with Gasteiger partial charge in [-0.25, -0.2) is 0 Å². The van der Waals surface area contributed by atoms with Crippen LogP contribution in [0.4, 0.5) is 11.4 Å². The van der Waals surface area contributed by atoms with E-state index in [0.29, 0.717) is 29.3 Å². The number of nitrogen functional groups attached to an aromatic ring is 1. The average Bonchev–Trinajstić information content (AvgIpc) is 2.61. The Bertz CT molecular complexity index is 761. The Balaban J connectivity index is 2.00. The summed E-state index contributed by atoms with van der Waals surface area (Å²) < 4.78 is 5.58. The van der Waals surface area contributed by atoms with Gasteiger partial charge in [-0.2, -0.15) is 0 Å². The molecule has 0 fully saturated rings. The molecule has 0 spiro atoms. The van der Waals surface area contributed by atoms with Gasteiger partial charge in [-0.3, -0.25) is 4.79 Å². The highest BCUT2D eigenvalue weighted by Gasteiger charge is 2.07. The van der Waals surface area contributed by atoms with E-state index >= 15 is 0 Å². The summed E-state index contributed by atoms with van der Waals surface area (Å²) in [6.45, 7) is 7.68. The van der Waals surface area contributed by atoms with Gasteiger partial charge in [-0.05, 0) is 42.0 Å². The van der Waals surface area contributed by atoms with Crippen molar-refractivity contribution in [1.82, 2.24) is 0 Å². The number of nitrogens with one attached hydrogen (secondary N) is 1. The van der Waals surface area contributed by atoms with Crippen LogP contribution in [0.1, 0.15) is 15.9 Å². The minimum Gasteiger partial charge on any atom is -0.489 e. The molecule has 0 atom stereocenters. The molecule has 122 valence electrons. The first kappa shape index (κ1) is 17.1. The van der Waals surface area contributed by atoms with E-state index in [4.69, 9.17) is 10.5 Å². The second-order valence-electron chi connectivity index (χ2n) is 5.04. The fourth-order valence-electron chi connectivity index (χ4n) is 2.02. The number of nitrogens with two attached hydrogens (primary N) is 1. The van der Waals surface area contributed by atoms with Crippen molar-refractivity contribution in [3.8, 4) is 0 Å². The molecule has 0 unspecified atom stereocenters. The van der Waals surface area contributed by atoms with Crippen LogP contribution in [0.15, 0.2) is 85.7 Å². The molecule has 24 heavy (non-hydrogen) atoms. The molecule has 2 aromatic rings. The van der Waals surface area contributed by atoms with Crippen LogP contribution in [0.3, 0.4) is 0 Å². The number of rotatable bonds is 7. The number of para-hydroxylation sites is 2.